The third-order valence-corrected chi connectivity index (χ3v) is 4.61. The van der Waals surface area contributed by atoms with Crippen LogP contribution in [0.25, 0.3) is 16.6 Å². The number of fused-ring (bicyclic) bond motifs is 1. The van der Waals surface area contributed by atoms with Crippen molar-refractivity contribution in [3.63, 3.8) is 0 Å². The molecule has 1 fully saturated rings. The SMILES string of the molecule is O=C(Cn1ncc2c(cnn2-c2ccccc2)c1=O)NC1CCCC1. The highest BCUT2D eigenvalue weighted by Crippen LogP contribution is 2.17. The fourth-order valence-corrected chi connectivity index (χ4v) is 3.33. The van der Waals surface area contributed by atoms with E-state index >= 15 is 0 Å². The third-order valence-electron chi connectivity index (χ3n) is 4.61. The monoisotopic (exact) mass is 337 g/mol. The molecule has 0 unspecified atom stereocenters. The maximum atomic E-state index is 12.6. The molecule has 25 heavy (non-hydrogen) atoms. The van der Waals surface area contributed by atoms with E-state index in [1.165, 1.54) is 10.9 Å². The predicted octanol–water partition coefficient (Wildman–Crippen LogP) is 1.64. The summed E-state index contributed by atoms with van der Waals surface area (Å²) in [5.41, 5.74) is 1.18. The summed E-state index contributed by atoms with van der Waals surface area (Å²) in [5.74, 6) is -0.170. The van der Waals surface area contributed by atoms with Gasteiger partial charge in [-0.05, 0) is 25.0 Å². The first-order valence-corrected chi connectivity index (χ1v) is 8.51. The van der Waals surface area contributed by atoms with E-state index < -0.39 is 0 Å². The summed E-state index contributed by atoms with van der Waals surface area (Å²) < 4.78 is 2.87. The fraction of sp³-hybridized carbons (Fsp3) is 0.333. The second-order valence-electron chi connectivity index (χ2n) is 6.35. The predicted molar refractivity (Wildman–Crippen MR) is 93.5 cm³/mol. The molecule has 2 heterocycles. The van der Waals surface area contributed by atoms with Gasteiger partial charge in [0.05, 0.1) is 29.0 Å². The number of hydrogen-bond donors (Lipinski definition) is 1. The number of nitrogens with one attached hydrogen (secondary N) is 1. The van der Waals surface area contributed by atoms with Crippen LogP contribution in [0.2, 0.25) is 0 Å². The van der Waals surface area contributed by atoms with E-state index in [1.54, 1.807) is 10.9 Å². The van der Waals surface area contributed by atoms with Crippen molar-refractivity contribution in [3.8, 4) is 5.69 Å². The molecule has 0 spiro atoms. The first kappa shape index (κ1) is 15.6. The number of amides is 1. The van der Waals surface area contributed by atoms with Gasteiger partial charge in [-0.3, -0.25) is 9.59 Å². The number of rotatable bonds is 4. The van der Waals surface area contributed by atoms with Crippen LogP contribution in [0.4, 0.5) is 0 Å². The van der Waals surface area contributed by atoms with Gasteiger partial charge in [-0.1, -0.05) is 31.0 Å². The summed E-state index contributed by atoms with van der Waals surface area (Å²) in [4.78, 5) is 24.8. The lowest BCUT2D eigenvalue weighted by Crippen LogP contribution is -2.38. The topological polar surface area (TPSA) is 81.8 Å². The number of aromatic nitrogens is 4. The molecule has 3 aromatic rings. The van der Waals surface area contributed by atoms with Gasteiger partial charge in [-0.25, -0.2) is 9.36 Å². The van der Waals surface area contributed by atoms with Crippen molar-refractivity contribution in [2.45, 2.75) is 38.3 Å². The molecular weight excluding hydrogens is 318 g/mol. The first-order valence-electron chi connectivity index (χ1n) is 8.51. The van der Waals surface area contributed by atoms with Crippen LogP contribution in [0.15, 0.2) is 47.5 Å². The lowest BCUT2D eigenvalue weighted by Gasteiger charge is -2.12. The second-order valence-corrected chi connectivity index (χ2v) is 6.35. The average molecular weight is 337 g/mol. The Labute approximate surface area is 144 Å². The van der Waals surface area contributed by atoms with Crippen LogP contribution in [0.3, 0.4) is 0 Å². The Hall–Kier alpha value is -2.96. The lowest BCUT2D eigenvalue weighted by atomic mass is 10.2. The number of benzene rings is 1. The molecule has 1 N–H and O–H groups in total. The van der Waals surface area contributed by atoms with Gasteiger partial charge in [0.15, 0.2) is 0 Å². The van der Waals surface area contributed by atoms with E-state index in [9.17, 15) is 9.59 Å². The van der Waals surface area contributed by atoms with E-state index in [0.717, 1.165) is 31.4 Å². The Balaban J connectivity index is 1.60. The Morgan fingerprint density at radius 1 is 1.12 bits per heavy atom. The summed E-state index contributed by atoms with van der Waals surface area (Å²) in [6.45, 7) is -0.0677. The molecule has 1 aliphatic carbocycles. The van der Waals surface area contributed by atoms with Crippen molar-refractivity contribution in [1.82, 2.24) is 24.9 Å². The minimum absolute atomic E-state index is 0.0677. The molecule has 1 saturated carbocycles. The van der Waals surface area contributed by atoms with Crippen molar-refractivity contribution >= 4 is 16.8 Å². The molecule has 0 saturated heterocycles. The Bertz CT molecular complexity index is 955. The van der Waals surface area contributed by atoms with Crippen LogP contribution in [0, 0.1) is 0 Å². The van der Waals surface area contributed by atoms with Crippen molar-refractivity contribution in [2.24, 2.45) is 0 Å². The van der Waals surface area contributed by atoms with Crippen molar-refractivity contribution in [1.29, 1.82) is 0 Å². The molecule has 0 aliphatic heterocycles. The van der Waals surface area contributed by atoms with Gasteiger partial charge in [0.1, 0.15) is 6.54 Å². The summed E-state index contributed by atoms with van der Waals surface area (Å²) in [6.07, 6.45) is 7.42. The number of hydrogen-bond acceptors (Lipinski definition) is 4. The molecule has 0 bridgehead atoms. The largest absolute Gasteiger partial charge is 0.352 e. The molecular formula is C18H19N5O2. The average Bonchev–Trinajstić information content (AvgIpc) is 3.28. The standard InChI is InChI=1S/C18H19N5O2/c24-17(21-13-6-4-5-7-13)12-22-18(25)15-10-20-23(16(15)11-19-22)14-8-2-1-3-9-14/h1-3,8-11,13H,4-7,12H2,(H,21,24). The van der Waals surface area contributed by atoms with Gasteiger partial charge in [0.2, 0.25) is 5.91 Å². The fourth-order valence-electron chi connectivity index (χ4n) is 3.33. The van der Waals surface area contributed by atoms with Crippen LogP contribution < -0.4 is 10.9 Å². The van der Waals surface area contributed by atoms with E-state index in [4.69, 9.17) is 0 Å². The van der Waals surface area contributed by atoms with Crippen LogP contribution in [-0.2, 0) is 11.3 Å². The number of carbonyl (C=O) groups is 1. The van der Waals surface area contributed by atoms with Crippen molar-refractivity contribution < 1.29 is 4.79 Å². The molecule has 0 radical (unpaired) electrons. The highest BCUT2D eigenvalue weighted by molar-refractivity contribution is 5.79. The van der Waals surface area contributed by atoms with Crippen LogP contribution in [-0.4, -0.2) is 31.5 Å². The molecule has 1 aromatic carbocycles. The highest BCUT2D eigenvalue weighted by Gasteiger charge is 2.18. The molecule has 2 aromatic heterocycles. The Morgan fingerprint density at radius 2 is 1.88 bits per heavy atom. The minimum atomic E-state index is -0.304. The summed E-state index contributed by atoms with van der Waals surface area (Å²) in [5, 5.41) is 11.9. The van der Waals surface area contributed by atoms with Gasteiger partial charge in [-0.2, -0.15) is 10.2 Å². The molecule has 1 aliphatic rings. The normalized spacial score (nSPS) is 14.9. The van der Waals surface area contributed by atoms with E-state index in [2.05, 4.69) is 15.5 Å². The van der Waals surface area contributed by atoms with Crippen molar-refractivity contribution in [2.75, 3.05) is 0 Å². The lowest BCUT2D eigenvalue weighted by molar-refractivity contribution is -0.122. The zero-order valence-electron chi connectivity index (χ0n) is 13.8. The number of carbonyl (C=O) groups excluding carboxylic acids is 1. The summed E-state index contributed by atoms with van der Waals surface area (Å²) in [7, 11) is 0. The second kappa shape index (κ2) is 6.51. The maximum absolute atomic E-state index is 12.6. The smallest absolute Gasteiger partial charge is 0.278 e. The first-order chi connectivity index (χ1) is 12.2. The number of nitrogens with zero attached hydrogens (tertiary/aromatic N) is 4. The van der Waals surface area contributed by atoms with Gasteiger partial charge in [0, 0.05) is 6.04 Å². The molecule has 1 amide bonds. The van der Waals surface area contributed by atoms with Crippen molar-refractivity contribution in [3.05, 3.63) is 53.1 Å². The van der Waals surface area contributed by atoms with Crippen LogP contribution in [0.5, 0.6) is 0 Å². The van der Waals surface area contributed by atoms with E-state index in [1.807, 2.05) is 30.3 Å². The molecule has 7 heteroatoms. The third kappa shape index (κ3) is 3.05. The van der Waals surface area contributed by atoms with E-state index in [0.29, 0.717) is 10.9 Å². The maximum Gasteiger partial charge on any atom is 0.278 e. The molecule has 4 rings (SSSR count). The zero-order chi connectivity index (χ0) is 17.2. The molecule has 128 valence electrons. The van der Waals surface area contributed by atoms with Crippen LogP contribution in [0.1, 0.15) is 25.7 Å². The van der Waals surface area contributed by atoms with Gasteiger partial charge in [-0.15, -0.1) is 0 Å². The van der Waals surface area contributed by atoms with Gasteiger partial charge >= 0.3 is 0 Å². The summed E-state index contributed by atoms with van der Waals surface area (Å²) in [6, 6.07) is 9.78. The van der Waals surface area contributed by atoms with Crippen LogP contribution >= 0.6 is 0 Å². The Kier molecular flexibility index (Phi) is 4.05. The van der Waals surface area contributed by atoms with Gasteiger partial charge < -0.3 is 5.32 Å². The van der Waals surface area contributed by atoms with E-state index in [-0.39, 0.29) is 24.1 Å². The quantitative estimate of drug-likeness (QED) is 0.785. The molecule has 0 atom stereocenters. The number of para-hydroxylation sites is 1. The highest BCUT2D eigenvalue weighted by atomic mass is 16.2. The minimum Gasteiger partial charge on any atom is -0.352 e. The Morgan fingerprint density at radius 3 is 2.64 bits per heavy atom. The summed E-state index contributed by atoms with van der Waals surface area (Å²) >= 11 is 0. The van der Waals surface area contributed by atoms with Gasteiger partial charge in [0.25, 0.3) is 5.56 Å². The molecule has 7 nitrogen and oxygen atoms in total. The zero-order valence-corrected chi connectivity index (χ0v) is 13.8.